The van der Waals surface area contributed by atoms with E-state index in [1.165, 1.54) is 12.1 Å². The van der Waals surface area contributed by atoms with Crippen LogP contribution in [-0.4, -0.2) is 31.1 Å². The molecule has 0 radical (unpaired) electrons. The van der Waals surface area contributed by atoms with E-state index in [0.717, 1.165) is 38.8 Å². The summed E-state index contributed by atoms with van der Waals surface area (Å²) in [5, 5.41) is 23.5. The third-order valence-electron chi connectivity index (χ3n) is 3.97. The number of nitriles is 1. The van der Waals surface area contributed by atoms with E-state index in [1.54, 1.807) is 6.07 Å². The number of benzene rings is 1. The van der Waals surface area contributed by atoms with Gasteiger partial charge in [-0.05, 0) is 51.4 Å². The number of hydrogen-bond acceptors (Lipinski definition) is 5. The third kappa shape index (κ3) is 3.50. The van der Waals surface area contributed by atoms with E-state index in [2.05, 4.69) is 16.3 Å². The van der Waals surface area contributed by atoms with E-state index in [-0.39, 0.29) is 10.6 Å². The van der Waals surface area contributed by atoms with E-state index in [9.17, 15) is 10.1 Å². The molecule has 6 nitrogen and oxygen atoms in total. The summed E-state index contributed by atoms with van der Waals surface area (Å²) in [5.41, 5.74) is 1.14. The van der Waals surface area contributed by atoms with Crippen LogP contribution in [0.15, 0.2) is 18.2 Å². The molecule has 0 saturated carbocycles. The van der Waals surface area contributed by atoms with Crippen LogP contribution in [0.1, 0.15) is 31.2 Å². The Labute approximate surface area is 124 Å². The molecule has 1 atom stereocenters. The normalized spacial score (nSPS) is 18.3. The molecule has 1 saturated heterocycles. The Kier molecular flexibility index (Phi) is 5.12. The highest BCUT2D eigenvalue weighted by molar-refractivity contribution is 5.66. The highest BCUT2D eigenvalue weighted by Crippen LogP contribution is 2.34. The Morgan fingerprint density at radius 3 is 3.00 bits per heavy atom. The van der Waals surface area contributed by atoms with Crippen LogP contribution in [0.25, 0.3) is 0 Å². The zero-order valence-electron chi connectivity index (χ0n) is 12.2. The Bertz CT molecular complexity index is 553. The van der Waals surface area contributed by atoms with Gasteiger partial charge in [0, 0.05) is 18.7 Å². The van der Waals surface area contributed by atoms with Crippen molar-refractivity contribution in [2.24, 2.45) is 0 Å². The van der Waals surface area contributed by atoms with E-state index >= 15 is 0 Å². The van der Waals surface area contributed by atoms with E-state index < -0.39 is 0 Å². The molecule has 1 N–H and O–H groups in total. The second kappa shape index (κ2) is 7.04. The van der Waals surface area contributed by atoms with Crippen molar-refractivity contribution in [2.45, 2.75) is 31.7 Å². The van der Waals surface area contributed by atoms with Gasteiger partial charge < -0.3 is 10.2 Å². The first-order valence-electron chi connectivity index (χ1n) is 7.27. The van der Waals surface area contributed by atoms with Crippen molar-refractivity contribution in [3.05, 3.63) is 33.9 Å². The van der Waals surface area contributed by atoms with Crippen molar-refractivity contribution < 1.29 is 4.92 Å². The van der Waals surface area contributed by atoms with E-state index in [4.69, 9.17) is 5.26 Å². The highest BCUT2D eigenvalue weighted by atomic mass is 16.6. The van der Waals surface area contributed by atoms with Gasteiger partial charge in [0.15, 0.2) is 0 Å². The van der Waals surface area contributed by atoms with Gasteiger partial charge >= 0.3 is 0 Å². The first-order valence-corrected chi connectivity index (χ1v) is 7.27. The molecule has 21 heavy (non-hydrogen) atoms. The number of rotatable bonds is 5. The van der Waals surface area contributed by atoms with Gasteiger partial charge in [-0.1, -0.05) is 0 Å². The number of nitro groups is 1. The maximum atomic E-state index is 11.3. The fourth-order valence-electron chi connectivity index (χ4n) is 2.91. The predicted octanol–water partition coefficient (Wildman–Crippen LogP) is 2.43. The molecule has 1 unspecified atom stereocenters. The summed E-state index contributed by atoms with van der Waals surface area (Å²) < 4.78 is 0. The molecule has 1 aromatic rings. The quantitative estimate of drug-likeness (QED) is 0.664. The molecule has 6 heteroatoms. The molecular formula is C15H20N4O2. The minimum Gasteiger partial charge on any atom is -0.363 e. The molecule has 0 bridgehead atoms. The van der Waals surface area contributed by atoms with Crippen LogP contribution >= 0.6 is 0 Å². The lowest BCUT2D eigenvalue weighted by atomic mass is 9.97. The van der Waals surface area contributed by atoms with Crippen LogP contribution in [0.2, 0.25) is 0 Å². The van der Waals surface area contributed by atoms with Crippen molar-refractivity contribution in [1.82, 2.24) is 5.32 Å². The average Bonchev–Trinajstić information content (AvgIpc) is 2.52. The zero-order chi connectivity index (χ0) is 15.2. The number of anilines is 1. The van der Waals surface area contributed by atoms with Gasteiger partial charge in [-0.3, -0.25) is 10.1 Å². The Hall–Kier alpha value is -2.13. The van der Waals surface area contributed by atoms with Crippen LogP contribution in [0.3, 0.4) is 0 Å². The molecular weight excluding hydrogens is 268 g/mol. The number of piperidine rings is 1. The highest BCUT2D eigenvalue weighted by Gasteiger charge is 2.28. The van der Waals surface area contributed by atoms with Gasteiger partial charge in [-0.15, -0.1) is 0 Å². The van der Waals surface area contributed by atoms with Crippen molar-refractivity contribution >= 4 is 11.4 Å². The smallest absolute Gasteiger partial charge is 0.292 e. The van der Waals surface area contributed by atoms with Crippen LogP contribution in [0.5, 0.6) is 0 Å². The van der Waals surface area contributed by atoms with Crippen molar-refractivity contribution in [3.8, 4) is 6.07 Å². The van der Waals surface area contributed by atoms with Gasteiger partial charge in [-0.2, -0.15) is 5.26 Å². The van der Waals surface area contributed by atoms with Gasteiger partial charge in [0.2, 0.25) is 0 Å². The topological polar surface area (TPSA) is 82.2 Å². The summed E-state index contributed by atoms with van der Waals surface area (Å²) in [6.45, 7) is 1.69. The summed E-state index contributed by atoms with van der Waals surface area (Å²) in [6, 6.07) is 6.96. The lowest BCUT2D eigenvalue weighted by Crippen LogP contribution is -2.41. The van der Waals surface area contributed by atoms with Crippen LogP contribution in [0.4, 0.5) is 11.4 Å². The molecule has 0 spiro atoms. The fraction of sp³-hybridized carbons (Fsp3) is 0.533. The second-order valence-corrected chi connectivity index (χ2v) is 5.31. The maximum absolute atomic E-state index is 11.3. The van der Waals surface area contributed by atoms with E-state index in [1.807, 2.05) is 7.05 Å². The summed E-state index contributed by atoms with van der Waals surface area (Å²) in [7, 11) is 1.91. The molecule has 0 amide bonds. The molecule has 1 fully saturated rings. The monoisotopic (exact) mass is 288 g/mol. The largest absolute Gasteiger partial charge is 0.363 e. The summed E-state index contributed by atoms with van der Waals surface area (Å²) >= 11 is 0. The first-order chi connectivity index (χ1) is 10.2. The molecule has 1 aliphatic heterocycles. The van der Waals surface area contributed by atoms with Crippen molar-refractivity contribution in [3.63, 3.8) is 0 Å². The lowest BCUT2D eigenvalue weighted by Gasteiger charge is -2.37. The zero-order valence-corrected chi connectivity index (χ0v) is 12.2. The van der Waals surface area contributed by atoms with E-state index in [0.29, 0.717) is 17.3 Å². The van der Waals surface area contributed by atoms with Gasteiger partial charge in [0.25, 0.3) is 5.69 Å². The summed E-state index contributed by atoms with van der Waals surface area (Å²) in [5.74, 6) is 0. The maximum Gasteiger partial charge on any atom is 0.292 e. The van der Waals surface area contributed by atoms with Gasteiger partial charge in [0.05, 0.1) is 16.6 Å². The molecule has 1 aromatic carbocycles. The molecule has 1 aliphatic rings. The van der Waals surface area contributed by atoms with Crippen molar-refractivity contribution in [1.29, 1.82) is 5.26 Å². The van der Waals surface area contributed by atoms with Crippen LogP contribution in [0, 0.1) is 21.4 Å². The van der Waals surface area contributed by atoms with Gasteiger partial charge in [0.1, 0.15) is 5.69 Å². The Morgan fingerprint density at radius 2 is 2.33 bits per heavy atom. The van der Waals surface area contributed by atoms with Gasteiger partial charge in [-0.25, -0.2) is 0 Å². The van der Waals surface area contributed by atoms with Crippen LogP contribution in [-0.2, 0) is 0 Å². The average molecular weight is 288 g/mol. The minimum atomic E-state index is -0.361. The summed E-state index contributed by atoms with van der Waals surface area (Å²) in [6.07, 6.45) is 4.17. The molecule has 1 heterocycles. The summed E-state index contributed by atoms with van der Waals surface area (Å²) in [4.78, 5) is 13.0. The number of nitrogens with zero attached hydrogens (tertiary/aromatic N) is 3. The lowest BCUT2D eigenvalue weighted by molar-refractivity contribution is -0.384. The minimum absolute atomic E-state index is 0.0883. The standard InChI is InChI=1S/C15H20N4O2/c1-17-8-7-13-4-2-3-9-18(13)15-10-12(11-16)5-6-14(15)19(20)21/h5-6,10,13,17H,2-4,7-9H2,1H3. The SMILES string of the molecule is CNCCC1CCCCN1c1cc(C#N)ccc1[N+](=O)[O-]. The fourth-order valence-corrected chi connectivity index (χ4v) is 2.91. The first kappa shape index (κ1) is 15.3. The number of hydrogen-bond donors (Lipinski definition) is 1. The number of nitrogens with one attached hydrogen (secondary N) is 1. The third-order valence-corrected chi connectivity index (χ3v) is 3.97. The molecule has 0 aliphatic carbocycles. The number of nitro benzene ring substituents is 1. The van der Waals surface area contributed by atoms with Crippen molar-refractivity contribution in [2.75, 3.05) is 25.0 Å². The molecule has 112 valence electrons. The predicted molar refractivity (Wildman–Crippen MR) is 81.3 cm³/mol. The Morgan fingerprint density at radius 1 is 1.52 bits per heavy atom. The molecule has 2 rings (SSSR count). The van der Waals surface area contributed by atoms with Crippen LogP contribution < -0.4 is 10.2 Å². The Balaban J connectivity index is 2.36. The second-order valence-electron chi connectivity index (χ2n) is 5.31. The molecule has 0 aromatic heterocycles.